The number of anilines is 1. The number of carbonyl (C=O) groups is 1. The van der Waals surface area contributed by atoms with Crippen molar-refractivity contribution in [2.24, 2.45) is 5.41 Å². The molecule has 0 atom stereocenters. The molecule has 0 aliphatic carbocycles. The molecule has 0 unspecified atom stereocenters. The number of amides is 1. The van der Waals surface area contributed by atoms with Gasteiger partial charge >= 0.3 is 0 Å². The Morgan fingerprint density at radius 1 is 0.861 bits per heavy atom. The van der Waals surface area contributed by atoms with E-state index in [0.717, 1.165) is 41.2 Å². The van der Waals surface area contributed by atoms with Crippen LogP contribution in [0.25, 0.3) is 0 Å². The molecule has 0 aliphatic heterocycles. The maximum atomic E-state index is 13.7. The first-order valence-electron chi connectivity index (χ1n) is 12.0. The molecule has 0 bridgehead atoms. The van der Waals surface area contributed by atoms with Gasteiger partial charge in [0.25, 0.3) is 0 Å². The SMILES string of the molecule is COc1ccc(C(c2ccc(OC)cc2)C(C)(C)C(=O)Nc2nc(CCc3ccccc3)cs2)cc1. The summed E-state index contributed by atoms with van der Waals surface area (Å²) in [6, 6.07) is 26.2. The Morgan fingerprint density at radius 2 is 1.42 bits per heavy atom. The minimum atomic E-state index is -0.765. The number of aromatic nitrogens is 1. The van der Waals surface area contributed by atoms with Crippen LogP contribution in [0.15, 0.2) is 84.2 Å². The Kier molecular flexibility index (Phi) is 8.06. The number of thiazole rings is 1. The van der Waals surface area contributed by atoms with Gasteiger partial charge in [-0.1, -0.05) is 68.4 Å². The molecule has 0 fully saturated rings. The van der Waals surface area contributed by atoms with Crippen molar-refractivity contribution in [1.29, 1.82) is 0 Å². The average molecular weight is 501 g/mol. The van der Waals surface area contributed by atoms with E-state index in [2.05, 4.69) is 22.4 Å². The lowest BCUT2D eigenvalue weighted by Crippen LogP contribution is -2.37. The smallest absolute Gasteiger partial charge is 0.232 e. The molecule has 4 aromatic rings. The number of rotatable bonds is 10. The first kappa shape index (κ1) is 25.5. The largest absolute Gasteiger partial charge is 0.497 e. The third-order valence-electron chi connectivity index (χ3n) is 6.49. The molecule has 0 spiro atoms. The van der Waals surface area contributed by atoms with Crippen molar-refractivity contribution < 1.29 is 14.3 Å². The van der Waals surface area contributed by atoms with Crippen LogP contribution in [0.2, 0.25) is 0 Å². The second kappa shape index (κ2) is 11.4. The summed E-state index contributed by atoms with van der Waals surface area (Å²) in [6.07, 6.45) is 1.75. The molecule has 0 saturated carbocycles. The fourth-order valence-corrected chi connectivity index (χ4v) is 5.14. The topological polar surface area (TPSA) is 60.5 Å². The summed E-state index contributed by atoms with van der Waals surface area (Å²) in [4.78, 5) is 18.3. The predicted octanol–water partition coefficient (Wildman–Crippen LogP) is 6.74. The maximum Gasteiger partial charge on any atom is 0.232 e. The van der Waals surface area contributed by atoms with Gasteiger partial charge in [-0.05, 0) is 53.8 Å². The number of methoxy groups -OCH3 is 2. The zero-order chi connectivity index (χ0) is 25.5. The summed E-state index contributed by atoms with van der Waals surface area (Å²) in [5.41, 5.74) is 3.56. The van der Waals surface area contributed by atoms with Crippen molar-refractivity contribution in [1.82, 2.24) is 4.98 Å². The van der Waals surface area contributed by atoms with E-state index in [1.807, 2.05) is 86.0 Å². The molecule has 0 aliphatic rings. The Hall–Kier alpha value is -3.64. The molecule has 186 valence electrons. The van der Waals surface area contributed by atoms with Gasteiger partial charge in [0.1, 0.15) is 11.5 Å². The van der Waals surface area contributed by atoms with Crippen molar-refractivity contribution in [2.45, 2.75) is 32.6 Å². The number of aryl methyl sites for hydroxylation is 2. The number of ether oxygens (including phenoxy) is 2. The van der Waals surface area contributed by atoms with Crippen molar-refractivity contribution in [2.75, 3.05) is 19.5 Å². The van der Waals surface area contributed by atoms with E-state index in [1.54, 1.807) is 14.2 Å². The van der Waals surface area contributed by atoms with Crippen LogP contribution < -0.4 is 14.8 Å². The predicted molar refractivity (Wildman–Crippen MR) is 146 cm³/mol. The highest BCUT2D eigenvalue weighted by molar-refractivity contribution is 7.13. The van der Waals surface area contributed by atoms with Crippen molar-refractivity contribution in [3.05, 3.63) is 107 Å². The summed E-state index contributed by atoms with van der Waals surface area (Å²) in [6.45, 7) is 3.96. The van der Waals surface area contributed by atoms with Crippen LogP contribution in [0.5, 0.6) is 11.5 Å². The van der Waals surface area contributed by atoms with Crippen molar-refractivity contribution >= 4 is 22.4 Å². The summed E-state index contributed by atoms with van der Waals surface area (Å²) in [7, 11) is 3.30. The van der Waals surface area contributed by atoms with Gasteiger partial charge in [-0.2, -0.15) is 0 Å². The highest BCUT2D eigenvalue weighted by atomic mass is 32.1. The second-order valence-corrected chi connectivity index (χ2v) is 10.1. The van der Waals surface area contributed by atoms with Crippen molar-refractivity contribution in [3.8, 4) is 11.5 Å². The lowest BCUT2D eigenvalue weighted by molar-refractivity contribution is -0.124. The quantitative estimate of drug-likeness (QED) is 0.262. The Bertz CT molecular complexity index is 1220. The molecule has 6 heteroatoms. The number of nitrogens with zero attached hydrogens (tertiary/aromatic N) is 1. The molecule has 0 saturated heterocycles. The summed E-state index contributed by atoms with van der Waals surface area (Å²) in [5, 5.41) is 5.73. The van der Waals surface area contributed by atoms with Gasteiger partial charge in [-0.25, -0.2) is 4.98 Å². The first-order chi connectivity index (χ1) is 17.4. The van der Waals surface area contributed by atoms with E-state index in [-0.39, 0.29) is 11.8 Å². The van der Waals surface area contributed by atoms with E-state index < -0.39 is 5.41 Å². The van der Waals surface area contributed by atoms with Gasteiger partial charge in [0.05, 0.1) is 25.3 Å². The lowest BCUT2D eigenvalue weighted by Gasteiger charge is -2.34. The van der Waals surface area contributed by atoms with Crippen LogP contribution >= 0.6 is 11.3 Å². The van der Waals surface area contributed by atoms with Crippen LogP contribution in [-0.4, -0.2) is 25.1 Å². The molecule has 0 radical (unpaired) electrons. The van der Waals surface area contributed by atoms with Crippen molar-refractivity contribution in [3.63, 3.8) is 0 Å². The zero-order valence-corrected chi connectivity index (χ0v) is 22.0. The van der Waals surface area contributed by atoms with Gasteiger partial charge in [-0.3, -0.25) is 4.79 Å². The molecule has 1 N–H and O–H groups in total. The highest BCUT2D eigenvalue weighted by Gasteiger charge is 2.39. The average Bonchev–Trinajstić information content (AvgIpc) is 3.36. The van der Waals surface area contributed by atoms with Crippen LogP contribution in [-0.2, 0) is 17.6 Å². The van der Waals surface area contributed by atoms with E-state index in [4.69, 9.17) is 9.47 Å². The van der Waals surface area contributed by atoms with E-state index in [1.165, 1.54) is 16.9 Å². The molecule has 1 aromatic heterocycles. The van der Waals surface area contributed by atoms with Crippen LogP contribution in [0.4, 0.5) is 5.13 Å². The van der Waals surface area contributed by atoms with Crippen LogP contribution in [0.3, 0.4) is 0 Å². The lowest BCUT2D eigenvalue weighted by atomic mass is 9.70. The van der Waals surface area contributed by atoms with Gasteiger partial charge in [0, 0.05) is 11.3 Å². The van der Waals surface area contributed by atoms with Gasteiger partial charge < -0.3 is 14.8 Å². The highest BCUT2D eigenvalue weighted by Crippen LogP contribution is 2.42. The zero-order valence-electron chi connectivity index (χ0n) is 21.2. The fraction of sp³-hybridized carbons (Fsp3) is 0.267. The minimum Gasteiger partial charge on any atom is -0.497 e. The Labute approximate surface area is 217 Å². The maximum absolute atomic E-state index is 13.7. The third kappa shape index (κ3) is 5.94. The second-order valence-electron chi connectivity index (χ2n) is 9.28. The minimum absolute atomic E-state index is 0.0805. The molecule has 4 rings (SSSR count). The molecule has 5 nitrogen and oxygen atoms in total. The molecular formula is C30H32N2O3S. The van der Waals surface area contributed by atoms with E-state index in [9.17, 15) is 4.79 Å². The van der Waals surface area contributed by atoms with E-state index >= 15 is 0 Å². The summed E-state index contributed by atoms with van der Waals surface area (Å²) in [5.74, 6) is 1.29. The molecule has 1 heterocycles. The number of carbonyl (C=O) groups excluding carboxylic acids is 1. The number of benzene rings is 3. The van der Waals surface area contributed by atoms with Crippen LogP contribution in [0, 0.1) is 5.41 Å². The first-order valence-corrected chi connectivity index (χ1v) is 12.9. The molecule has 36 heavy (non-hydrogen) atoms. The number of nitrogens with one attached hydrogen (secondary N) is 1. The van der Waals surface area contributed by atoms with Gasteiger partial charge in [-0.15, -0.1) is 11.3 Å². The monoisotopic (exact) mass is 500 g/mol. The normalized spacial score (nSPS) is 11.4. The number of hydrogen-bond donors (Lipinski definition) is 1. The fourth-order valence-electron chi connectivity index (χ4n) is 4.40. The third-order valence-corrected chi connectivity index (χ3v) is 7.30. The number of hydrogen-bond acceptors (Lipinski definition) is 5. The Morgan fingerprint density at radius 3 is 1.94 bits per heavy atom. The van der Waals surface area contributed by atoms with Crippen LogP contribution in [0.1, 0.15) is 42.1 Å². The van der Waals surface area contributed by atoms with Gasteiger partial charge in [0.2, 0.25) is 5.91 Å². The molecule has 3 aromatic carbocycles. The molecule has 1 amide bonds. The summed E-state index contributed by atoms with van der Waals surface area (Å²) < 4.78 is 10.7. The van der Waals surface area contributed by atoms with E-state index in [0.29, 0.717) is 5.13 Å². The summed E-state index contributed by atoms with van der Waals surface area (Å²) >= 11 is 1.47. The standard InChI is InChI=1S/C30H32N2O3S/c1-30(2,28(33)32-29-31-24(20-36-29)15-10-21-8-6-5-7-9-21)27(22-11-16-25(34-3)17-12-22)23-13-18-26(35-4)19-14-23/h5-9,11-14,16-20,27H,10,15H2,1-4H3,(H,31,32,33). The van der Waals surface area contributed by atoms with Gasteiger partial charge in [0.15, 0.2) is 5.13 Å². The molecular weight excluding hydrogens is 468 g/mol. The Balaban J connectivity index is 1.54.